The van der Waals surface area contributed by atoms with Gasteiger partial charge in [0.1, 0.15) is 5.75 Å². The molecule has 0 radical (unpaired) electrons. The summed E-state index contributed by atoms with van der Waals surface area (Å²) in [6, 6.07) is 1.48. The van der Waals surface area contributed by atoms with Gasteiger partial charge in [0.05, 0.1) is 12.8 Å². The standard InChI is InChI=1S/C12H21N3O2/c1-2-3-4-7-15-12(16)9-11(10-14-15)17-8-5-6-13/h9-10H,2-8,13H2,1H3. The molecule has 1 heterocycles. The van der Waals surface area contributed by atoms with Crippen LogP contribution in [0.3, 0.4) is 0 Å². The average Bonchev–Trinajstić information content (AvgIpc) is 2.32. The van der Waals surface area contributed by atoms with Gasteiger partial charge in [0, 0.05) is 12.6 Å². The Bertz CT molecular complexity index is 376. The van der Waals surface area contributed by atoms with Gasteiger partial charge in [-0.25, -0.2) is 4.68 Å². The van der Waals surface area contributed by atoms with Crippen molar-refractivity contribution < 1.29 is 4.74 Å². The summed E-state index contributed by atoms with van der Waals surface area (Å²) in [4.78, 5) is 11.7. The summed E-state index contributed by atoms with van der Waals surface area (Å²) in [5, 5.41) is 4.08. The molecule has 5 nitrogen and oxygen atoms in total. The first-order valence-corrected chi connectivity index (χ1v) is 6.18. The normalized spacial score (nSPS) is 10.5. The van der Waals surface area contributed by atoms with Crippen molar-refractivity contribution in [1.82, 2.24) is 9.78 Å². The Kier molecular flexibility index (Phi) is 6.32. The number of ether oxygens (including phenoxy) is 1. The lowest BCUT2D eigenvalue weighted by Gasteiger charge is -2.07. The number of nitrogens with zero attached hydrogens (tertiary/aromatic N) is 2. The third kappa shape index (κ3) is 4.99. The van der Waals surface area contributed by atoms with Gasteiger partial charge in [0.15, 0.2) is 0 Å². The van der Waals surface area contributed by atoms with Crippen molar-refractivity contribution >= 4 is 0 Å². The van der Waals surface area contributed by atoms with Crippen LogP contribution in [0.2, 0.25) is 0 Å². The number of unbranched alkanes of at least 4 members (excludes halogenated alkanes) is 2. The highest BCUT2D eigenvalue weighted by Gasteiger charge is 2.00. The van der Waals surface area contributed by atoms with Crippen LogP contribution in [0.4, 0.5) is 0 Å². The summed E-state index contributed by atoms with van der Waals surface area (Å²) in [7, 11) is 0. The zero-order valence-electron chi connectivity index (χ0n) is 10.4. The molecule has 1 aromatic heterocycles. The lowest BCUT2D eigenvalue weighted by Crippen LogP contribution is -2.22. The van der Waals surface area contributed by atoms with Crippen LogP contribution >= 0.6 is 0 Å². The second kappa shape index (κ2) is 7.84. The molecular weight excluding hydrogens is 218 g/mol. The molecule has 17 heavy (non-hydrogen) atoms. The highest BCUT2D eigenvalue weighted by molar-refractivity contribution is 5.13. The third-order valence-electron chi connectivity index (χ3n) is 2.44. The highest BCUT2D eigenvalue weighted by atomic mass is 16.5. The molecule has 0 saturated heterocycles. The number of aromatic nitrogens is 2. The molecule has 0 aliphatic carbocycles. The summed E-state index contributed by atoms with van der Waals surface area (Å²) < 4.78 is 6.83. The van der Waals surface area contributed by atoms with E-state index in [1.165, 1.54) is 10.7 Å². The first-order valence-electron chi connectivity index (χ1n) is 6.18. The molecule has 0 aliphatic rings. The summed E-state index contributed by atoms with van der Waals surface area (Å²) in [5.41, 5.74) is 5.25. The number of hydrogen-bond acceptors (Lipinski definition) is 4. The van der Waals surface area contributed by atoms with Crippen molar-refractivity contribution in [2.24, 2.45) is 5.73 Å². The molecule has 1 aromatic rings. The summed E-state index contributed by atoms with van der Waals surface area (Å²) in [6.07, 6.45) is 5.60. The Morgan fingerprint density at radius 3 is 2.88 bits per heavy atom. The van der Waals surface area contributed by atoms with Crippen LogP contribution in [0.15, 0.2) is 17.1 Å². The molecular formula is C12H21N3O2. The third-order valence-corrected chi connectivity index (χ3v) is 2.44. The summed E-state index contributed by atoms with van der Waals surface area (Å²) in [6.45, 7) is 3.92. The highest BCUT2D eigenvalue weighted by Crippen LogP contribution is 2.04. The molecule has 0 saturated carbocycles. The predicted octanol–water partition coefficient (Wildman–Crippen LogP) is 1.16. The van der Waals surface area contributed by atoms with E-state index in [1.54, 1.807) is 6.20 Å². The van der Waals surface area contributed by atoms with E-state index in [0.717, 1.165) is 25.7 Å². The van der Waals surface area contributed by atoms with E-state index < -0.39 is 0 Å². The smallest absolute Gasteiger partial charge is 0.270 e. The topological polar surface area (TPSA) is 70.1 Å². The molecule has 0 amide bonds. The van der Waals surface area contributed by atoms with Crippen LogP contribution in [0.5, 0.6) is 5.75 Å². The number of nitrogens with two attached hydrogens (primary N) is 1. The van der Waals surface area contributed by atoms with E-state index in [4.69, 9.17) is 10.5 Å². The molecule has 0 unspecified atom stereocenters. The molecule has 0 fully saturated rings. The molecule has 0 spiro atoms. The summed E-state index contributed by atoms with van der Waals surface area (Å²) in [5.74, 6) is 0.523. The Hall–Kier alpha value is -1.36. The maximum Gasteiger partial charge on any atom is 0.270 e. The molecule has 2 N–H and O–H groups in total. The van der Waals surface area contributed by atoms with Gasteiger partial charge in [-0.3, -0.25) is 4.79 Å². The monoisotopic (exact) mass is 239 g/mol. The van der Waals surface area contributed by atoms with Crippen molar-refractivity contribution in [3.8, 4) is 5.75 Å². The van der Waals surface area contributed by atoms with Crippen LogP contribution in [0.25, 0.3) is 0 Å². The van der Waals surface area contributed by atoms with Crippen molar-refractivity contribution in [3.05, 3.63) is 22.6 Å². The number of aryl methyl sites for hydroxylation is 1. The Balaban J connectivity index is 2.50. The number of rotatable bonds is 8. The van der Waals surface area contributed by atoms with Gasteiger partial charge in [-0.2, -0.15) is 5.10 Å². The van der Waals surface area contributed by atoms with Gasteiger partial charge < -0.3 is 10.5 Å². The Labute approximate surface area is 102 Å². The minimum Gasteiger partial charge on any atom is -0.492 e. The molecule has 5 heteroatoms. The van der Waals surface area contributed by atoms with Gasteiger partial charge in [-0.15, -0.1) is 0 Å². The number of hydrogen-bond donors (Lipinski definition) is 1. The molecule has 96 valence electrons. The minimum absolute atomic E-state index is 0.105. The van der Waals surface area contributed by atoms with Gasteiger partial charge in [-0.1, -0.05) is 19.8 Å². The van der Waals surface area contributed by atoms with Crippen LogP contribution < -0.4 is 16.0 Å². The second-order valence-corrected chi connectivity index (χ2v) is 3.95. The van der Waals surface area contributed by atoms with Crippen molar-refractivity contribution in [3.63, 3.8) is 0 Å². The van der Waals surface area contributed by atoms with Gasteiger partial charge in [0.25, 0.3) is 5.56 Å². The Morgan fingerprint density at radius 2 is 2.24 bits per heavy atom. The van der Waals surface area contributed by atoms with E-state index in [2.05, 4.69) is 12.0 Å². The molecule has 0 bridgehead atoms. The zero-order chi connectivity index (χ0) is 12.5. The zero-order valence-corrected chi connectivity index (χ0v) is 10.4. The van der Waals surface area contributed by atoms with Crippen molar-refractivity contribution in [2.75, 3.05) is 13.2 Å². The second-order valence-electron chi connectivity index (χ2n) is 3.95. The minimum atomic E-state index is -0.105. The van der Waals surface area contributed by atoms with Gasteiger partial charge >= 0.3 is 0 Å². The predicted molar refractivity (Wildman–Crippen MR) is 67.2 cm³/mol. The maximum atomic E-state index is 11.7. The molecule has 0 atom stereocenters. The van der Waals surface area contributed by atoms with Crippen LogP contribution in [0, 0.1) is 0 Å². The van der Waals surface area contributed by atoms with Crippen LogP contribution in [0.1, 0.15) is 32.6 Å². The Morgan fingerprint density at radius 1 is 1.41 bits per heavy atom. The van der Waals surface area contributed by atoms with E-state index in [0.29, 0.717) is 25.4 Å². The fourth-order valence-corrected chi connectivity index (χ4v) is 1.45. The van der Waals surface area contributed by atoms with Crippen LogP contribution in [-0.2, 0) is 6.54 Å². The molecule has 0 aromatic carbocycles. The lowest BCUT2D eigenvalue weighted by molar-refractivity contribution is 0.309. The van der Waals surface area contributed by atoms with Gasteiger partial charge in [0.2, 0.25) is 0 Å². The van der Waals surface area contributed by atoms with Crippen LogP contribution in [-0.4, -0.2) is 22.9 Å². The quantitative estimate of drug-likeness (QED) is 0.691. The van der Waals surface area contributed by atoms with E-state index >= 15 is 0 Å². The first-order chi connectivity index (χ1) is 8.27. The van der Waals surface area contributed by atoms with E-state index in [9.17, 15) is 4.79 Å². The fourth-order valence-electron chi connectivity index (χ4n) is 1.45. The van der Waals surface area contributed by atoms with E-state index in [1.807, 2.05) is 0 Å². The molecule has 0 aliphatic heterocycles. The largest absolute Gasteiger partial charge is 0.492 e. The maximum absolute atomic E-state index is 11.7. The average molecular weight is 239 g/mol. The molecule has 1 rings (SSSR count). The van der Waals surface area contributed by atoms with Gasteiger partial charge in [-0.05, 0) is 19.4 Å². The fraction of sp³-hybridized carbons (Fsp3) is 0.667. The first kappa shape index (κ1) is 13.7. The van der Waals surface area contributed by atoms with Crippen molar-refractivity contribution in [1.29, 1.82) is 0 Å². The van der Waals surface area contributed by atoms with Crippen molar-refractivity contribution in [2.45, 2.75) is 39.2 Å². The SMILES string of the molecule is CCCCCn1ncc(OCCCN)cc1=O. The van der Waals surface area contributed by atoms with E-state index in [-0.39, 0.29) is 5.56 Å². The summed E-state index contributed by atoms with van der Waals surface area (Å²) >= 11 is 0. The lowest BCUT2D eigenvalue weighted by atomic mass is 10.2.